The molecule has 116 valence electrons. The summed E-state index contributed by atoms with van der Waals surface area (Å²) in [5, 5.41) is 3.04. The Morgan fingerprint density at radius 2 is 1.90 bits per heavy atom. The minimum Gasteiger partial charge on any atom is -0.356 e. The lowest BCUT2D eigenvalue weighted by Gasteiger charge is -2.19. The first-order valence-corrected chi connectivity index (χ1v) is 7.99. The van der Waals surface area contributed by atoms with Crippen LogP contribution in [-0.2, 0) is 16.6 Å². The van der Waals surface area contributed by atoms with Crippen molar-refractivity contribution in [2.24, 2.45) is 11.7 Å². The van der Waals surface area contributed by atoms with E-state index in [1.165, 1.54) is 11.1 Å². The van der Waals surface area contributed by atoms with E-state index in [0.717, 1.165) is 25.7 Å². The van der Waals surface area contributed by atoms with Gasteiger partial charge in [0.1, 0.15) is 0 Å². The standard InChI is InChI=1S/C18H28N2O/c1-18(2,3)15-7-4-13(5-8-15)10-11-20-17(21)14-6-9-16(19)12-14/h4-5,7-8,14,16H,6,9-12,19H2,1-3H3,(H,20,21). The highest BCUT2D eigenvalue weighted by Crippen LogP contribution is 2.24. The van der Waals surface area contributed by atoms with Gasteiger partial charge >= 0.3 is 0 Å². The van der Waals surface area contributed by atoms with Gasteiger partial charge in [0.2, 0.25) is 5.91 Å². The van der Waals surface area contributed by atoms with Gasteiger partial charge in [-0.25, -0.2) is 0 Å². The molecule has 2 unspecified atom stereocenters. The van der Waals surface area contributed by atoms with E-state index >= 15 is 0 Å². The minimum absolute atomic E-state index is 0.128. The summed E-state index contributed by atoms with van der Waals surface area (Å²) >= 11 is 0. The molecule has 1 aliphatic rings. The molecule has 21 heavy (non-hydrogen) atoms. The molecule has 1 aliphatic carbocycles. The van der Waals surface area contributed by atoms with E-state index in [0.29, 0.717) is 6.54 Å². The third-order valence-corrected chi connectivity index (χ3v) is 4.38. The average Bonchev–Trinajstić information content (AvgIpc) is 2.85. The topological polar surface area (TPSA) is 55.1 Å². The van der Waals surface area contributed by atoms with Crippen LogP contribution in [0.3, 0.4) is 0 Å². The van der Waals surface area contributed by atoms with Crippen LogP contribution in [0.1, 0.15) is 51.2 Å². The molecule has 2 rings (SSSR count). The molecule has 0 aliphatic heterocycles. The van der Waals surface area contributed by atoms with Crippen LogP contribution in [0, 0.1) is 5.92 Å². The van der Waals surface area contributed by atoms with Crippen LogP contribution in [-0.4, -0.2) is 18.5 Å². The number of carbonyl (C=O) groups excluding carboxylic acids is 1. The Hall–Kier alpha value is -1.35. The summed E-state index contributed by atoms with van der Waals surface area (Å²) in [5.74, 6) is 0.303. The second-order valence-corrected chi connectivity index (χ2v) is 7.26. The van der Waals surface area contributed by atoms with Crippen molar-refractivity contribution in [1.82, 2.24) is 5.32 Å². The molecule has 1 amide bonds. The molecule has 1 saturated carbocycles. The zero-order valence-electron chi connectivity index (χ0n) is 13.5. The van der Waals surface area contributed by atoms with E-state index in [2.05, 4.69) is 50.4 Å². The number of amides is 1. The van der Waals surface area contributed by atoms with E-state index in [1.54, 1.807) is 0 Å². The molecular weight excluding hydrogens is 260 g/mol. The fourth-order valence-corrected chi connectivity index (χ4v) is 2.90. The van der Waals surface area contributed by atoms with Gasteiger partial charge in [-0.2, -0.15) is 0 Å². The number of benzene rings is 1. The number of hydrogen-bond acceptors (Lipinski definition) is 2. The van der Waals surface area contributed by atoms with E-state index in [4.69, 9.17) is 5.73 Å². The quantitative estimate of drug-likeness (QED) is 0.895. The fraction of sp³-hybridized carbons (Fsp3) is 0.611. The summed E-state index contributed by atoms with van der Waals surface area (Å²) in [6.07, 6.45) is 3.64. The van der Waals surface area contributed by atoms with Gasteiger partial charge in [0.15, 0.2) is 0 Å². The number of nitrogens with two attached hydrogens (primary N) is 1. The van der Waals surface area contributed by atoms with Crippen LogP contribution in [0.4, 0.5) is 0 Å². The molecule has 3 nitrogen and oxygen atoms in total. The third kappa shape index (κ3) is 4.57. The largest absolute Gasteiger partial charge is 0.356 e. The molecule has 0 spiro atoms. The lowest BCUT2D eigenvalue weighted by Crippen LogP contribution is -2.31. The van der Waals surface area contributed by atoms with Gasteiger partial charge in [-0.05, 0) is 42.2 Å². The summed E-state index contributed by atoms with van der Waals surface area (Å²) in [4.78, 5) is 12.0. The normalized spacial score (nSPS) is 22.3. The van der Waals surface area contributed by atoms with Gasteiger partial charge in [0.25, 0.3) is 0 Å². The lowest BCUT2D eigenvalue weighted by molar-refractivity contribution is -0.124. The summed E-state index contributed by atoms with van der Waals surface area (Å²) in [6, 6.07) is 8.92. The van der Waals surface area contributed by atoms with Crippen molar-refractivity contribution in [2.75, 3.05) is 6.54 Å². The van der Waals surface area contributed by atoms with Crippen molar-refractivity contribution >= 4 is 5.91 Å². The molecule has 0 bridgehead atoms. The Kier molecular flexibility index (Phi) is 5.04. The van der Waals surface area contributed by atoms with Crippen LogP contribution < -0.4 is 11.1 Å². The van der Waals surface area contributed by atoms with Crippen molar-refractivity contribution in [3.63, 3.8) is 0 Å². The second-order valence-electron chi connectivity index (χ2n) is 7.26. The molecule has 0 aromatic heterocycles. The maximum atomic E-state index is 12.0. The lowest BCUT2D eigenvalue weighted by atomic mass is 9.86. The molecule has 1 aromatic carbocycles. The van der Waals surface area contributed by atoms with Gasteiger partial charge in [-0.3, -0.25) is 4.79 Å². The monoisotopic (exact) mass is 288 g/mol. The number of nitrogens with one attached hydrogen (secondary N) is 1. The van der Waals surface area contributed by atoms with Crippen LogP contribution in [0.2, 0.25) is 0 Å². The van der Waals surface area contributed by atoms with Gasteiger partial charge in [0.05, 0.1) is 0 Å². The molecule has 3 heteroatoms. The van der Waals surface area contributed by atoms with Crippen LogP contribution in [0.25, 0.3) is 0 Å². The molecule has 0 heterocycles. The van der Waals surface area contributed by atoms with Crippen LogP contribution >= 0.6 is 0 Å². The number of carbonyl (C=O) groups is 1. The summed E-state index contributed by atoms with van der Waals surface area (Å²) in [5.41, 5.74) is 8.65. The van der Waals surface area contributed by atoms with Crippen molar-refractivity contribution in [1.29, 1.82) is 0 Å². The minimum atomic E-state index is 0.128. The van der Waals surface area contributed by atoms with Gasteiger partial charge in [-0.1, -0.05) is 45.0 Å². The smallest absolute Gasteiger partial charge is 0.223 e. The summed E-state index contributed by atoms with van der Waals surface area (Å²) in [6.45, 7) is 7.36. The Labute approximate surface area is 128 Å². The van der Waals surface area contributed by atoms with Gasteiger partial charge < -0.3 is 11.1 Å². The maximum Gasteiger partial charge on any atom is 0.223 e. The van der Waals surface area contributed by atoms with E-state index in [-0.39, 0.29) is 23.3 Å². The van der Waals surface area contributed by atoms with Gasteiger partial charge in [-0.15, -0.1) is 0 Å². The number of hydrogen-bond donors (Lipinski definition) is 2. The van der Waals surface area contributed by atoms with E-state index in [9.17, 15) is 4.79 Å². The van der Waals surface area contributed by atoms with Crippen LogP contribution in [0.5, 0.6) is 0 Å². The fourth-order valence-electron chi connectivity index (χ4n) is 2.90. The summed E-state index contributed by atoms with van der Waals surface area (Å²) in [7, 11) is 0. The van der Waals surface area contributed by atoms with E-state index < -0.39 is 0 Å². The van der Waals surface area contributed by atoms with Crippen molar-refractivity contribution in [3.05, 3.63) is 35.4 Å². The molecule has 3 N–H and O–H groups in total. The molecule has 1 fully saturated rings. The van der Waals surface area contributed by atoms with Crippen molar-refractivity contribution in [3.8, 4) is 0 Å². The Balaban J connectivity index is 1.77. The second kappa shape index (κ2) is 6.61. The van der Waals surface area contributed by atoms with E-state index in [1.807, 2.05) is 0 Å². The highest BCUT2D eigenvalue weighted by Gasteiger charge is 2.27. The van der Waals surface area contributed by atoms with Crippen molar-refractivity contribution in [2.45, 2.75) is 57.9 Å². The predicted octanol–water partition coefficient (Wildman–Crippen LogP) is 2.77. The molecule has 0 radical (unpaired) electrons. The molecule has 1 aromatic rings. The first-order valence-electron chi connectivity index (χ1n) is 7.99. The molecule has 0 saturated heterocycles. The third-order valence-electron chi connectivity index (χ3n) is 4.38. The SMILES string of the molecule is CC(C)(C)c1ccc(CCNC(=O)C2CCC(N)C2)cc1. The Morgan fingerprint density at radius 3 is 2.43 bits per heavy atom. The molecular formula is C18H28N2O. The first kappa shape index (κ1) is 16.0. The molecule has 2 atom stereocenters. The highest BCUT2D eigenvalue weighted by atomic mass is 16.1. The Morgan fingerprint density at radius 1 is 1.24 bits per heavy atom. The maximum absolute atomic E-state index is 12.0. The average molecular weight is 288 g/mol. The van der Waals surface area contributed by atoms with Crippen LogP contribution in [0.15, 0.2) is 24.3 Å². The zero-order valence-corrected chi connectivity index (χ0v) is 13.5. The van der Waals surface area contributed by atoms with Gasteiger partial charge in [0, 0.05) is 18.5 Å². The first-order chi connectivity index (χ1) is 9.86. The Bertz CT molecular complexity index is 473. The number of rotatable bonds is 4. The highest BCUT2D eigenvalue weighted by molar-refractivity contribution is 5.79. The van der Waals surface area contributed by atoms with Crippen molar-refractivity contribution < 1.29 is 4.79 Å². The zero-order chi connectivity index (χ0) is 15.5. The predicted molar refractivity (Wildman–Crippen MR) is 87.2 cm³/mol. The summed E-state index contributed by atoms with van der Waals surface area (Å²) < 4.78 is 0.